The van der Waals surface area contributed by atoms with Crippen LogP contribution in [0.15, 0.2) is 24.3 Å². The Morgan fingerprint density at radius 1 is 0.549 bits per heavy atom. The number of carbonyl (C=O) groups is 1. The third kappa shape index (κ3) is 40.6. The van der Waals surface area contributed by atoms with Crippen molar-refractivity contribution in [1.82, 2.24) is 5.32 Å². The molecule has 12 nitrogen and oxygen atoms in total. The minimum Gasteiger partial charge on any atom is -0.394 e. The second-order valence-corrected chi connectivity index (χ2v) is 22.0. The van der Waals surface area contributed by atoms with Gasteiger partial charge in [0, 0.05) is 6.42 Å². The molecule has 0 aromatic heterocycles. The maximum atomic E-state index is 13.1. The van der Waals surface area contributed by atoms with Crippen molar-refractivity contribution in [3.63, 3.8) is 0 Å². The van der Waals surface area contributed by atoms with Crippen LogP contribution in [0.3, 0.4) is 0 Å². The topological polar surface area (TPSA) is 192 Å². The molecule has 0 aromatic rings. The van der Waals surface area contributed by atoms with Gasteiger partial charge in [-0.2, -0.15) is 8.42 Å². The average molecular weight is 1030 g/mol. The molecule has 0 bridgehead atoms. The number of carbonyl (C=O) groups excluding carboxylic acids is 1. The fraction of sp³-hybridized carbons (Fsp3) is 0.914. The average Bonchev–Trinajstić information content (AvgIpc) is 3.34. The number of aliphatic hydroxyl groups excluding tert-OH is 4. The molecule has 7 unspecified atom stereocenters. The highest BCUT2D eigenvalue weighted by atomic mass is 32.3. The van der Waals surface area contributed by atoms with Gasteiger partial charge in [0.2, 0.25) is 5.91 Å². The van der Waals surface area contributed by atoms with Crippen molar-refractivity contribution in [3.05, 3.63) is 24.3 Å². The van der Waals surface area contributed by atoms with E-state index in [1.54, 1.807) is 6.08 Å². The van der Waals surface area contributed by atoms with Crippen molar-refractivity contribution >= 4 is 16.3 Å². The minimum absolute atomic E-state index is 0.259. The first-order valence-corrected chi connectivity index (χ1v) is 31.1. The summed E-state index contributed by atoms with van der Waals surface area (Å²) >= 11 is 0. The Morgan fingerprint density at radius 3 is 1.27 bits per heavy atom. The van der Waals surface area contributed by atoms with Crippen LogP contribution in [-0.2, 0) is 28.9 Å². The normalized spacial score (nSPS) is 19.6. The molecule has 71 heavy (non-hydrogen) atoms. The van der Waals surface area contributed by atoms with E-state index in [-0.39, 0.29) is 18.9 Å². The number of ether oxygens (including phenoxy) is 2. The lowest BCUT2D eigenvalue weighted by molar-refractivity contribution is -0.298. The maximum absolute atomic E-state index is 13.1. The van der Waals surface area contributed by atoms with E-state index >= 15 is 0 Å². The number of rotatable bonds is 52. The Bertz CT molecular complexity index is 1350. The molecule has 0 aromatic carbocycles. The van der Waals surface area contributed by atoms with E-state index in [1.807, 2.05) is 6.08 Å². The van der Waals surface area contributed by atoms with Crippen LogP contribution in [-0.4, -0.2) is 95.4 Å². The molecule has 1 saturated heterocycles. The second kappa shape index (κ2) is 48.2. The van der Waals surface area contributed by atoms with Crippen molar-refractivity contribution < 1.29 is 51.8 Å². The molecule has 6 N–H and O–H groups in total. The van der Waals surface area contributed by atoms with Gasteiger partial charge >= 0.3 is 10.4 Å². The van der Waals surface area contributed by atoms with E-state index in [9.17, 15) is 38.2 Å². The maximum Gasteiger partial charge on any atom is 0.397 e. The molecule has 0 aliphatic carbocycles. The molecule has 0 saturated carbocycles. The number of amides is 1. The Morgan fingerprint density at radius 2 is 0.901 bits per heavy atom. The van der Waals surface area contributed by atoms with Crippen LogP contribution >= 0.6 is 0 Å². The summed E-state index contributed by atoms with van der Waals surface area (Å²) in [5.74, 6) is -0.259. The highest BCUT2D eigenvalue weighted by molar-refractivity contribution is 7.80. The predicted molar refractivity (Wildman–Crippen MR) is 292 cm³/mol. The minimum atomic E-state index is -5.09. The molecule has 1 amide bonds. The monoisotopic (exact) mass is 1030 g/mol. The summed E-state index contributed by atoms with van der Waals surface area (Å²) in [6.07, 6.45) is 51.1. The summed E-state index contributed by atoms with van der Waals surface area (Å²) in [6, 6.07) is -0.941. The van der Waals surface area contributed by atoms with Crippen LogP contribution in [0.25, 0.3) is 0 Å². The van der Waals surface area contributed by atoms with E-state index in [4.69, 9.17) is 9.47 Å². The quantitative estimate of drug-likeness (QED) is 0.0193. The van der Waals surface area contributed by atoms with Gasteiger partial charge in [-0.25, -0.2) is 4.18 Å². The highest BCUT2D eigenvalue weighted by Gasteiger charge is 2.48. The lowest BCUT2D eigenvalue weighted by Crippen LogP contribution is -2.61. The number of hydrogen-bond donors (Lipinski definition) is 6. The molecule has 1 aliphatic rings. The van der Waals surface area contributed by atoms with Crippen LogP contribution in [0.1, 0.15) is 284 Å². The Labute approximate surface area is 435 Å². The Kier molecular flexibility index (Phi) is 45.9. The summed E-state index contributed by atoms with van der Waals surface area (Å²) in [5.41, 5.74) is 0. The summed E-state index contributed by atoms with van der Waals surface area (Å²) in [7, 11) is -5.09. The molecular formula is C58H111NO11S. The van der Waals surface area contributed by atoms with Gasteiger partial charge in [0.25, 0.3) is 0 Å². The summed E-state index contributed by atoms with van der Waals surface area (Å²) in [6.45, 7) is 3.41. The van der Waals surface area contributed by atoms with Crippen LogP contribution < -0.4 is 5.32 Å². The third-order valence-electron chi connectivity index (χ3n) is 14.2. The molecule has 1 aliphatic heterocycles. The van der Waals surface area contributed by atoms with Crippen molar-refractivity contribution in [2.75, 3.05) is 13.2 Å². The van der Waals surface area contributed by atoms with Gasteiger partial charge in [-0.15, -0.1) is 0 Å². The van der Waals surface area contributed by atoms with Crippen molar-refractivity contribution in [2.24, 2.45) is 0 Å². The van der Waals surface area contributed by atoms with E-state index in [2.05, 4.69) is 35.5 Å². The molecule has 0 spiro atoms. The summed E-state index contributed by atoms with van der Waals surface area (Å²) in [5, 5.41) is 44.8. The summed E-state index contributed by atoms with van der Waals surface area (Å²) < 4.78 is 47.7. The summed E-state index contributed by atoms with van der Waals surface area (Å²) in [4.78, 5) is 13.1. The van der Waals surface area contributed by atoms with E-state index < -0.39 is 59.9 Å². The third-order valence-corrected chi connectivity index (χ3v) is 14.7. The van der Waals surface area contributed by atoms with Crippen molar-refractivity contribution in [3.8, 4) is 0 Å². The molecule has 420 valence electrons. The molecule has 7 atom stereocenters. The van der Waals surface area contributed by atoms with Gasteiger partial charge in [0.15, 0.2) is 6.29 Å². The standard InChI is InChI=1S/C58H111NO11S/c1-3-5-7-9-11-13-15-17-18-19-20-21-22-23-24-25-26-27-28-29-30-31-32-33-34-35-36-38-40-42-44-46-48-54(62)59-51(52(61)47-45-43-41-39-37-16-14-12-10-8-6-4-2)50-68-58-56(64)57(70-71(65,66)67)55(63)53(49-60)69-58/h23-24,45,47,51-53,55-58,60-61,63-64H,3-22,25-44,46,48-50H2,1-2H3,(H,59,62)(H,65,66,67)/b24-23-,47-45+. The van der Waals surface area contributed by atoms with Gasteiger partial charge in [-0.3, -0.25) is 9.35 Å². The Balaban J connectivity index is 2.22. The lowest BCUT2D eigenvalue weighted by atomic mass is 9.99. The van der Waals surface area contributed by atoms with Gasteiger partial charge in [0.05, 0.1) is 25.4 Å². The highest BCUT2D eigenvalue weighted by Crippen LogP contribution is 2.26. The number of allylic oxidation sites excluding steroid dienone is 3. The van der Waals surface area contributed by atoms with Crippen LogP contribution in [0.5, 0.6) is 0 Å². The lowest BCUT2D eigenvalue weighted by Gasteiger charge is -2.41. The first-order valence-electron chi connectivity index (χ1n) is 29.7. The molecule has 1 fully saturated rings. The molecule has 13 heteroatoms. The number of aliphatic hydroxyl groups is 4. The fourth-order valence-corrected chi connectivity index (χ4v) is 10.1. The van der Waals surface area contributed by atoms with E-state index in [0.29, 0.717) is 6.42 Å². The predicted octanol–water partition coefficient (Wildman–Crippen LogP) is 14.0. The van der Waals surface area contributed by atoms with E-state index in [1.165, 1.54) is 218 Å². The van der Waals surface area contributed by atoms with Gasteiger partial charge in [-0.05, 0) is 44.9 Å². The SMILES string of the molecule is CCCCCCCCCCCC/C=C/C(O)C(COC1OC(CO)C(O)C(OS(=O)(=O)O)C1O)NC(=O)CCCCCCCCCCCCCCCCCC/C=C\CCCCCCCCCCCCCC. The van der Waals surface area contributed by atoms with Gasteiger partial charge in [0.1, 0.15) is 24.4 Å². The first-order chi connectivity index (χ1) is 34.5. The first kappa shape index (κ1) is 67.6. The van der Waals surface area contributed by atoms with Crippen LogP contribution in [0.2, 0.25) is 0 Å². The van der Waals surface area contributed by atoms with E-state index in [0.717, 1.165) is 38.5 Å². The molecule has 0 radical (unpaired) electrons. The fourth-order valence-electron chi connectivity index (χ4n) is 9.63. The van der Waals surface area contributed by atoms with Crippen LogP contribution in [0.4, 0.5) is 0 Å². The van der Waals surface area contributed by atoms with Gasteiger partial charge in [-0.1, -0.05) is 256 Å². The number of hydrogen-bond acceptors (Lipinski definition) is 10. The molecule has 1 heterocycles. The number of nitrogens with one attached hydrogen (secondary N) is 1. The number of unbranched alkanes of at least 4 members (excludes halogenated alkanes) is 38. The zero-order chi connectivity index (χ0) is 51.9. The Hall–Kier alpha value is -1.42. The smallest absolute Gasteiger partial charge is 0.394 e. The van der Waals surface area contributed by atoms with Crippen molar-refractivity contribution in [1.29, 1.82) is 0 Å². The zero-order valence-electron chi connectivity index (χ0n) is 45.6. The van der Waals surface area contributed by atoms with Gasteiger partial charge < -0.3 is 35.2 Å². The zero-order valence-corrected chi connectivity index (χ0v) is 46.4. The van der Waals surface area contributed by atoms with Crippen molar-refractivity contribution in [2.45, 2.75) is 326 Å². The molecule has 1 rings (SSSR count). The van der Waals surface area contributed by atoms with Crippen LogP contribution in [0, 0.1) is 0 Å². The second-order valence-electron chi connectivity index (χ2n) is 20.9. The largest absolute Gasteiger partial charge is 0.397 e. The molecular weight excluding hydrogens is 919 g/mol.